The van der Waals surface area contributed by atoms with E-state index >= 15 is 0 Å². The molecule has 5 nitrogen and oxygen atoms in total. The number of methoxy groups -OCH3 is 1. The Hall–Kier alpha value is -2.35. The van der Waals surface area contributed by atoms with Gasteiger partial charge in [-0.25, -0.2) is 4.68 Å². The maximum atomic E-state index is 9.18. The number of aryl methyl sites for hydroxylation is 1. The topological polar surface area (TPSA) is 63.7 Å². The molecule has 2 rings (SSSR count). The zero-order chi connectivity index (χ0) is 15.2. The van der Waals surface area contributed by atoms with Crippen molar-refractivity contribution in [2.45, 2.75) is 33.2 Å². The fourth-order valence-corrected chi connectivity index (χ4v) is 2.09. The second kappa shape index (κ2) is 6.89. The molecule has 0 spiro atoms. The number of benzene rings is 1. The van der Waals surface area contributed by atoms with Gasteiger partial charge in [0.1, 0.15) is 11.8 Å². The third kappa shape index (κ3) is 3.82. The van der Waals surface area contributed by atoms with Crippen LogP contribution in [0.2, 0.25) is 0 Å². The fourth-order valence-electron chi connectivity index (χ4n) is 2.09. The zero-order valence-electron chi connectivity index (χ0n) is 12.7. The predicted octanol–water partition coefficient (Wildman–Crippen LogP) is 2.80. The van der Waals surface area contributed by atoms with Gasteiger partial charge in [-0.1, -0.05) is 31.2 Å². The molecule has 1 aromatic carbocycles. The smallest absolute Gasteiger partial charge is 0.186 e. The Kier molecular flexibility index (Phi) is 4.94. The molecular weight excluding hydrogens is 264 g/mol. The largest absolute Gasteiger partial charge is 0.497 e. The summed E-state index contributed by atoms with van der Waals surface area (Å²) >= 11 is 0. The molecule has 0 saturated heterocycles. The SMILES string of the molecule is COc1ccc(Cc2c(C#N)nnn2CCC(C)C)cc1. The van der Waals surface area contributed by atoms with Crippen molar-refractivity contribution in [3.05, 3.63) is 41.2 Å². The van der Waals surface area contributed by atoms with E-state index in [4.69, 9.17) is 4.74 Å². The van der Waals surface area contributed by atoms with Crippen molar-refractivity contribution < 1.29 is 4.74 Å². The molecule has 0 atom stereocenters. The third-order valence-electron chi connectivity index (χ3n) is 3.39. The molecular formula is C16H20N4O. The van der Waals surface area contributed by atoms with Crippen molar-refractivity contribution >= 4 is 0 Å². The summed E-state index contributed by atoms with van der Waals surface area (Å²) in [6.45, 7) is 5.13. The number of hydrogen-bond donors (Lipinski definition) is 0. The first kappa shape index (κ1) is 15.0. The van der Waals surface area contributed by atoms with Crippen LogP contribution in [0.25, 0.3) is 0 Å². The van der Waals surface area contributed by atoms with Gasteiger partial charge in [0.15, 0.2) is 5.69 Å². The Morgan fingerprint density at radius 3 is 2.57 bits per heavy atom. The lowest BCUT2D eigenvalue weighted by atomic mass is 10.1. The van der Waals surface area contributed by atoms with Crippen molar-refractivity contribution in [2.24, 2.45) is 5.92 Å². The van der Waals surface area contributed by atoms with E-state index in [-0.39, 0.29) is 0 Å². The monoisotopic (exact) mass is 284 g/mol. The van der Waals surface area contributed by atoms with Gasteiger partial charge in [0.25, 0.3) is 0 Å². The molecule has 0 fully saturated rings. The molecule has 0 bridgehead atoms. The maximum absolute atomic E-state index is 9.18. The lowest BCUT2D eigenvalue weighted by molar-refractivity contribution is 0.414. The van der Waals surface area contributed by atoms with Crippen molar-refractivity contribution in [1.82, 2.24) is 15.0 Å². The highest BCUT2D eigenvalue weighted by Gasteiger charge is 2.13. The first-order chi connectivity index (χ1) is 10.1. The molecule has 5 heteroatoms. The van der Waals surface area contributed by atoms with E-state index in [0.29, 0.717) is 18.0 Å². The summed E-state index contributed by atoms with van der Waals surface area (Å²) in [4.78, 5) is 0. The molecule has 1 heterocycles. The lowest BCUT2D eigenvalue weighted by Crippen LogP contribution is -2.08. The van der Waals surface area contributed by atoms with Crippen LogP contribution in [0.3, 0.4) is 0 Å². The van der Waals surface area contributed by atoms with Crippen LogP contribution in [0.4, 0.5) is 0 Å². The Bertz CT molecular complexity index is 623. The predicted molar refractivity (Wildman–Crippen MR) is 80.0 cm³/mol. The molecule has 0 aliphatic rings. The van der Waals surface area contributed by atoms with E-state index in [1.54, 1.807) is 7.11 Å². The average Bonchev–Trinajstić information content (AvgIpc) is 2.88. The van der Waals surface area contributed by atoms with Gasteiger partial charge in [0.05, 0.1) is 12.8 Å². The van der Waals surface area contributed by atoms with E-state index in [0.717, 1.165) is 30.0 Å². The van der Waals surface area contributed by atoms with Crippen LogP contribution in [-0.4, -0.2) is 22.1 Å². The van der Waals surface area contributed by atoms with Gasteiger partial charge in [-0.3, -0.25) is 0 Å². The Labute approximate surface area is 125 Å². The summed E-state index contributed by atoms with van der Waals surface area (Å²) in [6.07, 6.45) is 1.67. The van der Waals surface area contributed by atoms with E-state index < -0.39 is 0 Å². The van der Waals surface area contributed by atoms with E-state index in [9.17, 15) is 5.26 Å². The van der Waals surface area contributed by atoms with Crippen LogP contribution in [0.1, 0.15) is 37.2 Å². The minimum atomic E-state index is 0.412. The summed E-state index contributed by atoms with van der Waals surface area (Å²) in [6, 6.07) is 9.97. The average molecular weight is 284 g/mol. The van der Waals surface area contributed by atoms with Crippen molar-refractivity contribution in [3.63, 3.8) is 0 Å². The number of nitrogens with zero attached hydrogens (tertiary/aromatic N) is 4. The molecule has 0 amide bonds. The van der Waals surface area contributed by atoms with Crippen molar-refractivity contribution in [3.8, 4) is 11.8 Å². The number of hydrogen-bond acceptors (Lipinski definition) is 4. The van der Waals surface area contributed by atoms with E-state index in [1.165, 1.54) is 0 Å². The van der Waals surface area contributed by atoms with Gasteiger partial charge in [-0.05, 0) is 30.0 Å². The number of rotatable bonds is 6. The minimum Gasteiger partial charge on any atom is -0.497 e. The Balaban J connectivity index is 2.20. The molecule has 0 saturated carbocycles. The van der Waals surface area contributed by atoms with Gasteiger partial charge < -0.3 is 4.74 Å². The van der Waals surface area contributed by atoms with Crippen LogP contribution in [-0.2, 0) is 13.0 Å². The molecule has 0 unspecified atom stereocenters. The third-order valence-corrected chi connectivity index (χ3v) is 3.39. The van der Waals surface area contributed by atoms with Crippen LogP contribution in [0.15, 0.2) is 24.3 Å². The number of ether oxygens (including phenoxy) is 1. The summed E-state index contributed by atoms with van der Waals surface area (Å²) < 4.78 is 7.01. The number of nitriles is 1. The van der Waals surface area contributed by atoms with Crippen LogP contribution in [0, 0.1) is 17.2 Å². The number of aromatic nitrogens is 3. The molecule has 110 valence electrons. The Morgan fingerprint density at radius 1 is 1.29 bits per heavy atom. The highest BCUT2D eigenvalue weighted by Crippen LogP contribution is 2.17. The Morgan fingerprint density at radius 2 is 2.00 bits per heavy atom. The standard InChI is InChI=1S/C16H20N4O/c1-12(2)8-9-20-16(15(11-17)18-19-20)10-13-4-6-14(21-3)7-5-13/h4-7,12H,8-10H2,1-3H3. The van der Waals surface area contributed by atoms with E-state index in [2.05, 4.69) is 30.2 Å². The molecule has 2 aromatic rings. The summed E-state index contributed by atoms with van der Waals surface area (Å²) in [7, 11) is 1.65. The first-order valence-electron chi connectivity index (χ1n) is 7.09. The highest BCUT2D eigenvalue weighted by atomic mass is 16.5. The first-order valence-corrected chi connectivity index (χ1v) is 7.09. The highest BCUT2D eigenvalue weighted by molar-refractivity contribution is 5.33. The second-order valence-electron chi connectivity index (χ2n) is 5.43. The summed E-state index contributed by atoms with van der Waals surface area (Å²) in [5.74, 6) is 1.42. The normalized spacial score (nSPS) is 10.6. The molecule has 0 aliphatic carbocycles. The maximum Gasteiger partial charge on any atom is 0.186 e. The zero-order valence-corrected chi connectivity index (χ0v) is 12.7. The van der Waals surface area contributed by atoms with Crippen LogP contribution < -0.4 is 4.74 Å². The molecule has 21 heavy (non-hydrogen) atoms. The van der Waals surface area contributed by atoms with Gasteiger partial charge in [-0.2, -0.15) is 5.26 Å². The van der Waals surface area contributed by atoms with Gasteiger partial charge in [0.2, 0.25) is 0 Å². The minimum absolute atomic E-state index is 0.412. The fraction of sp³-hybridized carbons (Fsp3) is 0.438. The second-order valence-corrected chi connectivity index (χ2v) is 5.43. The molecule has 1 aromatic heterocycles. The van der Waals surface area contributed by atoms with Crippen LogP contribution in [0.5, 0.6) is 5.75 Å². The molecule has 0 radical (unpaired) electrons. The summed E-state index contributed by atoms with van der Waals surface area (Å²) in [5.41, 5.74) is 2.40. The lowest BCUT2D eigenvalue weighted by Gasteiger charge is -2.09. The van der Waals surface area contributed by atoms with Crippen LogP contribution >= 0.6 is 0 Å². The van der Waals surface area contributed by atoms with Gasteiger partial charge >= 0.3 is 0 Å². The van der Waals surface area contributed by atoms with Gasteiger partial charge in [-0.15, -0.1) is 5.10 Å². The summed E-state index contributed by atoms with van der Waals surface area (Å²) in [5, 5.41) is 17.3. The quantitative estimate of drug-likeness (QED) is 0.818. The van der Waals surface area contributed by atoms with Crippen molar-refractivity contribution in [2.75, 3.05) is 7.11 Å². The van der Waals surface area contributed by atoms with E-state index in [1.807, 2.05) is 28.9 Å². The van der Waals surface area contributed by atoms with Crippen molar-refractivity contribution in [1.29, 1.82) is 5.26 Å². The molecule has 0 aliphatic heterocycles. The van der Waals surface area contributed by atoms with Gasteiger partial charge in [0, 0.05) is 13.0 Å². The molecule has 0 N–H and O–H groups in total.